The van der Waals surface area contributed by atoms with Gasteiger partial charge in [0.2, 0.25) is 5.91 Å². The molecule has 7 heteroatoms. The topological polar surface area (TPSA) is 101 Å². The molecule has 1 aromatic carbocycles. The van der Waals surface area contributed by atoms with Crippen LogP contribution in [0.5, 0.6) is 0 Å². The molecule has 0 aliphatic carbocycles. The number of rotatable bonds is 5. The summed E-state index contributed by atoms with van der Waals surface area (Å²) in [5.74, 6) is -2.65. The number of carboxylic acids is 1. The smallest absolute Gasteiger partial charge is 0.327 e. The summed E-state index contributed by atoms with van der Waals surface area (Å²) in [6.07, 6.45) is 0. The molecule has 0 aromatic heterocycles. The molecule has 1 aromatic rings. The monoisotopic (exact) mass is 285 g/mol. The predicted octanol–water partition coefficient (Wildman–Crippen LogP) is 0.358. The lowest BCUT2D eigenvalue weighted by molar-refractivity contribution is -0.140. The minimum Gasteiger partial charge on any atom is -0.480 e. The molecule has 2 N–H and O–H groups in total. The quantitative estimate of drug-likeness (QED) is 0.813. The lowest BCUT2D eigenvalue weighted by Crippen LogP contribution is -2.44. The van der Waals surface area contributed by atoms with Gasteiger partial charge in [-0.15, -0.1) is 0 Å². The molecular weight excluding hydrogens is 270 g/mol. The highest BCUT2D eigenvalue weighted by atomic mass is 32.2. The standard InChI is InChI=1S/C12H15NO5S/c1-8-3-5-10(6-4-8)19(17,18)7-11(12(15)16)13-9(2)14/h3-6,11H,7H2,1-2H3,(H,13,14)(H,15,16). The van der Waals surface area contributed by atoms with Gasteiger partial charge in [0.1, 0.15) is 6.04 Å². The summed E-state index contributed by atoms with van der Waals surface area (Å²) in [6.45, 7) is 2.95. The summed E-state index contributed by atoms with van der Waals surface area (Å²) in [5.41, 5.74) is 0.899. The zero-order valence-electron chi connectivity index (χ0n) is 10.6. The summed E-state index contributed by atoms with van der Waals surface area (Å²) in [4.78, 5) is 21.8. The van der Waals surface area contributed by atoms with Crippen LogP contribution in [0.1, 0.15) is 12.5 Å². The first-order chi connectivity index (χ1) is 8.72. The molecule has 0 radical (unpaired) electrons. The highest BCUT2D eigenvalue weighted by molar-refractivity contribution is 7.91. The Morgan fingerprint density at radius 2 is 1.79 bits per heavy atom. The number of carbonyl (C=O) groups is 2. The third kappa shape index (κ3) is 4.36. The van der Waals surface area contributed by atoms with Crippen molar-refractivity contribution in [3.63, 3.8) is 0 Å². The molecule has 1 amide bonds. The van der Waals surface area contributed by atoms with Gasteiger partial charge in [0.15, 0.2) is 9.84 Å². The molecule has 0 saturated heterocycles. The first-order valence-electron chi connectivity index (χ1n) is 5.51. The van der Waals surface area contributed by atoms with E-state index < -0.39 is 33.5 Å². The highest BCUT2D eigenvalue weighted by Gasteiger charge is 2.27. The fraction of sp³-hybridized carbons (Fsp3) is 0.333. The van der Waals surface area contributed by atoms with Crippen LogP contribution >= 0.6 is 0 Å². The van der Waals surface area contributed by atoms with Gasteiger partial charge in [-0.3, -0.25) is 4.79 Å². The van der Waals surface area contributed by atoms with Gasteiger partial charge in [0.05, 0.1) is 10.6 Å². The molecule has 0 fully saturated rings. The number of benzene rings is 1. The van der Waals surface area contributed by atoms with E-state index in [0.717, 1.165) is 12.5 Å². The van der Waals surface area contributed by atoms with Crippen molar-refractivity contribution in [2.45, 2.75) is 24.8 Å². The number of sulfone groups is 1. The molecule has 0 bridgehead atoms. The van der Waals surface area contributed by atoms with E-state index in [-0.39, 0.29) is 4.90 Å². The van der Waals surface area contributed by atoms with Crippen molar-refractivity contribution in [1.29, 1.82) is 0 Å². The lowest BCUT2D eigenvalue weighted by atomic mass is 10.2. The number of carboxylic acid groups (broad SMARTS) is 1. The molecular formula is C12H15NO5S. The van der Waals surface area contributed by atoms with Crippen molar-refractivity contribution in [2.24, 2.45) is 0 Å². The molecule has 19 heavy (non-hydrogen) atoms. The fourth-order valence-corrected chi connectivity index (χ4v) is 2.89. The van der Waals surface area contributed by atoms with Crippen molar-refractivity contribution < 1.29 is 23.1 Å². The van der Waals surface area contributed by atoms with E-state index in [4.69, 9.17) is 5.11 Å². The van der Waals surface area contributed by atoms with E-state index in [1.54, 1.807) is 12.1 Å². The van der Waals surface area contributed by atoms with Crippen molar-refractivity contribution in [1.82, 2.24) is 5.32 Å². The summed E-state index contributed by atoms with van der Waals surface area (Å²) in [7, 11) is -3.76. The molecule has 0 aliphatic rings. The van der Waals surface area contributed by atoms with E-state index in [1.165, 1.54) is 12.1 Å². The van der Waals surface area contributed by atoms with Gasteiger partial charge < -0.3 is 10.4 Å². The summed E-state index contributed by atoms with van der Waals surface area (Å²) in [5, 5.41) is 11.0. The lowest BCUT2D eigenvalue weighted by Gasteiger charge is -2.13. The fourth-order valence-electron chi connectivity index (χ4n) is 1.48. The Balaban J connectivity index is 2.97. The van der Waals surface area contributed by atoms with Crippen molar-refractivity contribution in [3.8, 4) is 0 Å². The first kappa shape index (κ1) is 15.2. The Bertz CT molecular complexity index is 577. The maximum Gasteiger partial charge on any atom is 0.327 e. The Morgan fingerprint density at radius 3 is 2.21 bits per heavy atom. The summed E-state index contributed by atoms with van der Waals surface area (Å²) >= 11 is 0. The second-order valence-electron chi connectivity index (χ2n) is 4.19. The van der Waals surface area contributed by atoms with E-state index in [1.807, 2.05) is 6.92 Å². The van der Waals surface area contributed by atoms with Crippen LogP contribution in [0.15, 0.2) is 29.2 Å². The number of carbonyl (C=O) groups excluding carboxylic acids is 1. The first-order valence-corrected chi connectivity index (χ1v) is 7.17. The maximum atomic E-state index is 12.0. The third-order valence-electron chi connectivity index (χ3n) is 2.44. The molecule has 1 unspecified atom stereocenters. The predicted molar refractivity (Wildman–Crippen MR) is 68.5 cm³/mol. The van der Waals surface area contributed by atoms with Crippen LogP contribution in [-0.4, -0.2) is 37.2 Å². The average molecular weight is 285 g/mol. The molecule has 6 nitrogen and oxygen atoms in total. The minimum atomic E-state index is -3.76. The Hall–Kier alpha value is -1.89. The van der Waals surface area contributed by atoms with E-state index >= 15 is 0 Å². The average Bonchev–Trinajstić information content (AvgIpc) is 2.27. The molecule has 1 atom stereocenters. The maximum absolute atomic E-state index is 12.0. The Morgan fingerprint density at radius 1 is 1.26 bits per heavy atom. The minimum absolute atomic E-state index is 0.0368. The van der Waals surface area contributed by atoms with Crippen molar-refractivity contribution in [3.05, 3.63) is 29.8 Å². The third-order valence-corrected chi connectivity index (χ3v) is 4.20. The van der Waals surface area contributed by atoms with Crippen LogP contribution in [0.25, 0.3) is 0 Å². The molecule has 1 rings (SSSR count). The number of hydrogen-bond acceptors (Lipinski definition) is 4. The van der Waals surface area contributed by atoms with Gasteiger partial charge in [-0.05, 0) is 19.1 Å². The van der Waals surface area contributed by atoms with Gasteiger partial charge in [-0.1, -0.05) is 17.7 Å². The number of aryl methyl sites for hydroxylation is 1. The van der Waals surface area contributed by atoms with Gasteiger partial charge >= 0.3 is 5.97 Å². The van der Waals surface area contributed by atoms with E-state index in [9.17, 15) is 18.0 Å². The normalized spacial score (nSPS) is 12.7. The zero-order chi connectivity index (χ0) is 14.6. The number of aliphatic carboxylic acids is 1. The van der Waals surface area contributed by atoms with Crippen LogP contribution in [0.2, 0.25) is 0 Å². The van der Waals surface area contributed by atoms with Crippen molar-refractivity contribution in [2.75, 3.05) is 5.75 Å². The molecule has 0 saturated carbocycles. The second-order valence-corrected chi connectivity index (χ2v) is 6.22. The molecule has 104 valence electrons. The largest absolute Gasteiger partial charge is 0.480 e. The number of hydrogen-bond donors (Lipinski definition) is 2. The van der Waals surface area contributed by atoms with Crippen LogP contribution in [-0.2, 0) is 19.4 Å². The van der Waals surface area contributed by atoms with E-state index in [2.05, 4.69) is 5.32 Å². The zero-order valence-corrected chi connectivity index (χ0v) is 11.4. The van der Waals surface area contributed by atoms with Gasteiger partial charge in [0, 0.05) is 6.92 Å². The molecule has 0 aliphatic heterocycles. The van der Waals surface area contributed by atoms with Crippen LogP contribution in [0.3, 0.4) is 0 Å². The second kappa shape index (κ2) is 5.83. The number of nitrogens with one attached hydrogen (secondary N) is 1. The van der Waals surface area contributed by atoms with Gasteiger partial charge in [-0.25, -0.2) is 13.2 Å². The molecule has 0 spiro atoms. The van der Waals surface area contributed by atoms with Gasteiger partial charge in [0.25, 0.3) is 0 Å². The Labute approximate surface area is 111 Å². The van der Waals surface area contributed by atoms with Gasteiger partial charge in [-0.2, -0.15) is 0 Å². The van der Waals surface area contributed by atoms with Crippen LogP contribution in [0.4, 0.5) is 0 Å². The summed E-state index contributed by atoms with van der Waals surface area (Å²) in [6, 6.07) is 4.63. The van der Waals surface area contributed by atoms with Crippen LogP contribution < -0.4 is 5.32 Å². The SMILES string of the molecule is CC(=O)NC(CS(=O)(=O)c1ccc(C)cc1)C(=O)O. The van der Waals surface area contributed by atoms with Crippen LogP contribution in [0, 0.1) is 6.92 Å². The van der Waals surface area contributed by atoms with Crippen molar-refractivity contribution >= 4 is 21.7 Å². The molecule has 0 heterocycles. The summed E-state index contributed by atoms with van der Waals surface area (Å²) < 4.78 is 24.1. The Kier molecular flexibility index (Phi) is 4.66. The highest BCUT2D eigenvalue weighted by Crippen LogP contribution is 2.13. The number of amides is 1. The van der Waals surface area contributed by atoms with E-state index in [0.29, 0.717) is 0 Å².